The Hall–Kier alpha value is -1.24. The molecular formula is C16H21IN4. The van der Waals surface area contributed by atoms with Gasteiger partial charge in [0.2, 0.25) is 0 Å². The maximum atomic E-state index is 4.78. The Balaban J connectivity index is 2.44. The second-order valence-electron chi connectivity index (χ2n) is 5.93. The minimum absolute atomic E-state index is 0.0114. The Kier molecular flexibility index (Phi) is 5.13. The molecule has 0 aliphatic rings. The number of rotatable bonds is 4. The lowest BCUT2D eigenvalue weighted by molar-refractivity contribution is 0.559. The first kappa shape index (κ1) is 16.1. The van der Waals surface area contributed by atoms with E-state index in [4.69, 9.17) is 4.98 Å². The second kappa shape index (κ2) is 6.68. The van der Waals surface area contributed by atoms with E-state index >= 15 is 0 Å². The van der Waals surface area contributed by atoms with Crippen molar-refractivity contribution in [1.82, 2.24) is 15.0 Å². The minimum atomic E-state index is -0.0114. The first-order valence-electron chi connectivity index (χ1n) is 7.12. The molecule has 112 valence electrons. The molecule has 0 fully saturated rings. The molecule has 2 rings (SSSR count). The lowest BCUT2D eigenvalue weighted by Crippen LogP contribution is -2.20. The van der Waals surface area contributed by atoms with Crippen LogP contribution < -0.4 is 5.32 Å². The lowest BCUT2D eigenvalue weighted by atomic mass is 9.92. The van der Waals surface area contributed by atoms with Crippen LogP contribution in [0.4, 0.5) is 5.82 Å². The molecule has 0 bridgehead atoms. The predicted molar refractivity (Wildman–Crippen MR) is 94.7 cm³/mol. The van der Waals surface area contributed by atoms with Crippen molar-refractivity contribution >= 4 is 28.4 Å². The van der Waals surface area contributed by atoms with Gasteiger partial charge in [0.25, 0.3) is 0 Å². The number of anilines is 1. The Labute approximate surface area is 140 Å². The van der Waals surface area contributed by atoms with Gasteiger partial charge in [0.05, 0.1) is 15.7 Å². The second-order valence-corrected chi connectivity index (χ2v) is 7.01. The van der Waals surface area contributed by atoms with E-state index in [1.54, 1.807) is 6.20 Å². The zero-order valence-electron chi connectivity index (χ0n) is 12.9. The summed E-state index contributed by atoms with van der Waals surface area (Å²) in [5.74, 6) is 1.74. The average Bonchev–Trinajstić information content (AvgIpc) is 2.42. The molecule has 0 atom stereocenters. The van der Waals surface area contributed by atoms with E-state index in [2.05, 4.69) is 65.6 Å². The maximum absolute atomic E-state index is 4.78. The standard InChI is InChI=1S/C16H21IN4/c1-5-18-15-13(17)14(16(2,3)4)20-12(21-15)10-11-8-6-7-9-19-11/h6-9H,5,10H2,1-4H3,(H,18,20,21). The van der Waals surface area contributed by atoms with Gasteiger partial charge >= 0.3 is 0 Å². The number of nitrogens with one attached hydrogen (secondary N) is 1. The predicted octanol–water partition coefficient (Wildman–Crippen LogP) is 3.80. The number of pyridine rings is 1. The van der Waals surface area contributed by atoms with Crippen molar-refractivity contribution < 1.29 is 0 Å². The highest BCUT2D eigenvalue weighted by molar-refractivity contribution is 14.1. The van der Waals surface area contributed by atoms with E-state index in [-0.39, 0.29) is 5.41 Å². The van der Waals surface area contributed by atoms with Gasteiger partial charge in [0, 0.05) is 23.9 Å². The highest BCUT2D eigenvalue weighted by Crippen LogP contribution is 2.29. The number of halogens is 1. The number of aromatic nitrogens is 3. The molecule has 2 aromatic heterocycles. The molecule has 4 nitrogen and oxygen atoms in total. The normalized spacial score (nSPS) is 11.5. The van der Waals surface area contributed by atoms with Gasteiger partial charge in [0.15, 0.2) is 0 Å². The van der Waals surface area contributed by atoms with Gasteiger partial charge in [0.1, 0.15) is 11.6 Å². The fourth-order valence-electron chi connectivity index (χ4n) is 2.02. The summed E-state index contributed by atoms with van der Waals surface area (Å²) in [4.78, 5) is 13.8. The molecule has 1 N–H and O–H groups in total. The van der Waals surface area contributed by atoms with Crippen molar-refractivity contribution in [2.75, 3.05) is 11.9 Å². The summed E-state index contributed by atoms with van der Waals surface area (Å²) in [5.41, 5.74) is 2.06. The Morgan fingerprint density at radius 2 is 1.95 bits per heavy atom. The van der Waals surface area contributed by atoms with Gasteiger partial charge in [-0.15, -0.1) is 0 Å². The molecule has 0 saturated heterocycles. The number of hydrogen-bond donors (Lipinski definition) is 1. The van der Waals surface area contributed by atoms with Gasteiger partial charge in [-0.3, -0.25) is 4.98 Å². The summed E-state index contributed by atoms with van der Waals surface area (Å²) in [6, 6.07) is 5.92. The van der Waals surface area contributed by atoms with Crippen molar-refractivity contribution in [3.63, 3.8) is 0 Å². The van der Waals surface area contributed by atoms with Gasteiger partial charge < -0.3 is 5.32 Å². The molecule has 0 aliphatic heterocycles. The highest BCUT2D eigenvalue weighted by Gasteiger charge is 2.23. The first-order valence-corrected chi connectivity index (χ1v) is 8.20. The SMILES string of the molecule is CCNc1nc(Cc2ccccn2)nc(C(C)(C)C)c1I. The number of nitrogens with zero attached hydrogens (tertiary/aromatic N) is 3. The zero-order chi connectivity index (χ0) is 15.5. The summed E-state index contributed by atoms with van der Waals surface area (Å²) < 4.78 is 1.10. The summed E-state index contributed by atoms with van der Waals surface area (Å²) in [6.45, 7) is 9.46. The van der Waals surface area contributed by atoms with Crippen LogP contribution in [0.1, 0.15) is 44.9 Å². The Morgan fingerprint density at radius 1 is 1.19 bits per heavy atom. The van der Waals surface area contributed by atoms with Gasteiger partial charge in [-0.2, -0.15) is 0 Å². The Morgan fingerprint density at radius 3 is 2.52 bits per heavy atom. The summed E-state index contributed by atoms with van der Waals surface area (Å²) in [6.07, 6.45) is 2.46. The van der Waals surface area contributed by atoms with E-state index in [1.165, 1.54) is 0 Å². The summed E-state index contributed by atoms with van der Waals surface area (Å²) in [7, 11) is 0. The molecule has 0 unspecified atom stereocenters. The Bertz CT molecular complexity index is 606. The van der Waals surface area contributed by atoms with Crippen molar-refractivity contribution in [3.05, 3.63) is 45.2 Å². The average molecular weight is 396 g/mol. The monoisotopic (exact) mass is 396 g/mol. The molecule has 0 radical (unpaired) electrons. The molecule has 2 heterocycles. The molecule has 2 aromatic rings. The zero-order valence-corrected chi connectivity index (χ0v) is 15.1. The molecule has 0 aromatic carbocycles. The van der Waals surface area contributed by atoms with Crippen LogP contribution in [0.3, 0.4) is 0 Å². The van der Waals surface area contributed by atoms with Crippen LogP contribution in [0.15, 0.2) is 24.4 Å². The summed E-state index contributed by atoms with van der Waals surface area (Å²) >= 11 is 2.33. The third-order valence-corrected chi connectivity index (χ3v) is 4.04. The van der Waals surface area contributed by atoms with Crippen molar-refractivity contribution in [1.29, 1.82) is 0 Å². The van der Waals surface area contributed by atoms with E-state index < -0.39 is 0 Å². The number of hydrogen-bond acceptors (Lipinski definition) is 4. The first-order chi connectivity index (χ1) is 9.91. The van der Waals surface area contributed by atoms with Crippen LogP contribution in [-0.4, -0.2) is 21.5 Å². The van der Waals surface area contributed by atoms with E-state index in [0.717, 1.165) is 33.1 Å². The van der Waals surface area contributed by atoms with E-state index in [0.29, 0.717) is 6.42 Å². The van der Waals surface area contributed by atoms with Crippen LogP contribution in [0.25, 0.3) is 0 Å². The van der Waals surface area contributed by atoms with E-state index in [9.17, 15) is 0 Å². The van der Waals surface area contributed by atoms with Gasteiger partial charge in [-0.05, 0) is 41.6 Å². The van der Waals surface area contributed by atoms with Crippen LogP contribution >= 0.6 is 22.6 Å². The van der Waals surface area contributed by atoms with Gasteiger partial charge in [-0.25, -0.2) is 9.97 Å². The minimum Gasteiger partial charge on any atom is -0.369 e. The summed E-state index contributed by atoms with van der Waals surface area (Å²) in [5, 5.41) is 3.34. The third kappa shape index (κ3) is 4.12. The highest BCUT2D eigenvalue weighted by atomic mass is 127. The third-order valence-electron chi connectivity index (χ3n) is 3.02. The molecule has 21 heavy (non-hydrogen) atoms. The van der Waals surface area contributed by atoms with Gasteiger partial charge in [-0.1, -0.05) is 26.8 Å². The molecule has 0 spiro atoms. The van der Waals surface area contributed by atoms with Crippen LogP contribution in [0.2, 0.25) is 0 Å². The quantitative estimate of drug-likeness (QED) is 0.799. The largest absolute Gasteiger partial charge is 0.369 e. The van der Waals surface area contributed by atoms with Crippen molar-refractivity contribution in [3.8, 4) is 0 Å². The molecule has 5 heteroatoms. The smallest absolute Gasteiger partial charge is 0.143 e. The molecular weight excluding hydrogens is 375 g/mol. The fraction of sp³-hybridized carbons (Fsp3) is 0.438. The van der Waals surface area contributed by atoms with Crippen LogP contribution in [0, 0.1) is 3.57 Å². The lowest BCUT2D eigenvalue weighted by Gasteiger charge is -2.22. The van der Waals surface area contributed by atoms with Crippen molar-refractivity contribution in [2.24, 2.45) is 0 Å². The molecule has 0 aliphatic carbocycles. The fourth-order valence-corrected chi connectivity index (χ4v) is 3.26. The van der Waals surface area contributed by atoms with Crippen molar-refractivity contribution in [2.45, 2.75) is 39.5 Å². The molecule has 0 saturated carbocycles. The van der Waals surface area contributed by atoms with Crippen LogP contribution in [-0.2, 0) is 11.8 Å². The maximum Gasteiger partial charge on any atom is 0.143 e. The topological polar surface area (TPSA) is 50.7 Å². The molecule has 0 amide bonds. The van der Waals surface area contributed by atoms with E-state index in [1.807, 2.05) is 18.2 Å². The van der Waals surface area contributed by atoms with Crippen LogP contribution in [0.5, 0.6) is 0 Å².